The zero-order valence-electron chi connectivity index (χ0n) is 19.8. The Labute approximate surface area is 224 Å². The number of benzene rings is 2. The van der Waals surface area contributed by atoms with Gasteiger partial charge in [-0.2, -0.15) is 0 Å². The molecular weight excluding hydrogens is 515 g/mol. The maximum Gasteiger partial charge on any atom is 0.328 e. The first-order chi connectivity index (χ1) is 17.8. The lowest BCUT2D eigenvalue weighted by Gasteiger charge is -2.40. The Kier molecular flexibility index (Phi) is 8.63. The summed E-state index contributed by atoms with van der Waals surface area (Å²) in [4.78, 5) is 44.1. The summed E-state index contributed by atoms with van der Waals surface area (Å²) in [6, 6.07) is 16.2. The van der Waals surface area contributed by atoms with Gasteiger partial charge in [-0.15, -0.1) is 0 Å². The lowest BCUT2D eigenvalue weighted by Crippen LogP contribution is -2.53. The van der Waals surface area contributed by atoms with Crippen molar-refractivity contribution >= 4 is 46.7 Å². The third kappa shape index (κ3) is 6.39. The van der Waals surface area contributed by atoms with Crippen molar-refractivity contribution in [2.24, 2.45) is 5.92 Å². The van der Waals surface area contributed by atoms with Crippen LogP contribution >= 0.6 is 23.2 Å². The Morgan fingerprint density at radius 1 is 1.05 bits per heavy atom. The van der Waals surface area contributed by atoms with Gasteiger partial charge < -0.3 is 20.6 Å². The van der Waals surface area contributed by atoms with Gasteiger partial charge >= 0.3 is 5.97 Å². The van der Waals surface area contributed by atoms with Crippen LogP contribution in [0, 0.1) is 5.92 Å². The molecule has 8 nitrogen and oxygen atoms in total. The molecule has 1 fully saturated rings. The van der Waals surface area contributed by atoms with Crippen molar-refractivity contribution in [3.8, 4) is 0 Å². The highest BCUT2D eigenvalue weighted by Crippen LogP contribution is 2.40. The molecule has 1 aliphatic rings. The third-order valence-electron chi connectivity index (χ3n) is 6.46. The van der Waals surface area contributed by atoms with Gasteiger partial charge in [0.2, 0.25) is 5.91 Å². The number of carbonyl (C=O) groups is 3. The van der Waals surface area contributed by atoms with Gasteiger partial charge in [0.1, 0.15) is 6.04 Å². The summed E-state index contributed by atoms with van der Waals surface area (Å²) >= 11 is 12.8. The lowest BCUT2D eigenvalue weighted by molar-refractivity contribution is -0.142. The SMILES string of the molecule is O=C(NCC(NC(=O)C1CCN(c2cccnc2)CC1c1cccc(Cl)c1Cl)C(=O)O)c1ccccc1. The number of carboxylic acid groups (broad SMARTS) is 1. The Morgan fingerprint density at radius 2 is 1.84 bits per heavy atom. The van der Waals surface area contributed by atoms with E-state index >= 15 is 0 Å². The quantitative estimate of drug-likeness (QED) is 0.398. The number of amides is 2. The average Bonchev–Trinajstić information content (AvgIpc) is 2.92. The van der Waals surface area contributed by atoms with E-state index in [0.29, 0.717) is 40.7 Å². The zero-order chi connectivity index (χ0) is 26.4. The van der Waals surface area contributed by atoms with E-state index in [2.05, 4.69) is 20.5 Å². The zero-order valence-corrected chi connectivity index (χ0v) is 21.3. The Bertz CT molecular complexity index is 1260. The summed E-state index contributed by atoms with van der Waals surface area (Å²) in [6.07, 6.45) is 3.90. The number of carbonyl (C=O) groups excluding carboxylic acids is 2. The first-order valence-electron chi connectivity index (χ1n) is 11.8. The lowest BCUT2D eigenvalue weighted by atomic mass is 9.79. The van der Waals surface area contributed by atoms with Crippen molar-refractivity contribution in [2.45, 2.75) is 18.4 Å². The molecule has 0 saturated carbocycles. The Balaban J connectivity index is 1.52. The second-order valence-electron chi connectivity index (χ2n) is 8.78. The van der Waals surface area contributed by atoms with Gasteiger partial charge in [0, 0.05) is 43.2 Å². The molecular formula is C27H26Cl2N4O4. The van der Waals surface area contributed by atoms with Crippen LogP contribution in [-0.2, 0) is 9.59 Å². The number of carboxylic acids is 1. The Morgan fingerprint density at radius 3 is 2.54 bits per heavy atom. The second-order valence-corrected chi connectivity index (χ2v) is 9.56. The van der Waals surface area contributed by atoms with Crippen LogP contribution < -0.4 is 15.5 Å². The van der Waals surface area contributed by atoms with Crippen LogP contribution in [-0.4, -0.2) is 53.6 Å². The number of halogens is 2. The van der Waals surface area contributed by atoms with Crippen molar-refractivity contribution in [2.75, 3.05) is 24.5 Å². The molecule has 37 heavy (non-hydrogen) atoms. The molecule has 0 spiro atoms. The summed E-state index contributed by atoms with van der Waals surface area (Å²) in [5, 5.41) is 15.7. The minimum Gasteiger partial charge on any atom is -0.480 e. The molecule has 1 saturated heterocycles. The van der Waals surface area contributed by atoms with Gasteiger partial charge in [-0.3, -0.25) is 14.6 Å². The first kappa shape index (κ1) is 26.4. The largest absolute Gasteiger partial charge is 0.480 e. The van der Waals surface area contributed by atoms with E-state index in [-0.39, 0.29) is 12.5 Å². The average molecular weight is 541 g/mol. The number of aromatic nitrogens is 1. The highest BCUT2D eigenvalue weighted by molar-refractivity contribution is 6.42. The van der Waals surface area contributed by atoms with E-state index < -0.39 is 29.7 Å². The van der Waals surface area contributed by atoms with E-state index in [1.54, 1.807) is 54.9 Å². The van der Waals surface area contributed by atoms with Crippen molar-refractivity contribution in [3.05, 3.63) is 94.2 Å². The topological polar surface area (TPSA) is 112 Å². The smallest absolute Gasteiger partial charge is 0.328 e. The van der Waals surface area contributed by atoms with Gasteiger partial charge in [0.15, 0.2) is 0 Å². The molecule has 2 heterocycles. The predicted octanol–water partition coefficient (Wildman–Crippen LogP) is 4.00. The van der Waals surface area contributed by atoms with Crippen LogP contribution in [0.2, 0.25) is 10.0 Å². The van der Waals surface area contributed by atoms with E-state index in [4.69, 9.17) is 23.2 Å². The highest BCUT2D eigenvalue weighted by atomic mass is 35.5. The Hall–Kier alpha value is -3.62. The maximum atomic E-state index is 13.5. The van der Waals surface area contributed by atoms with E-state index in [9.17, 15) is 19.5 Å². The minimum absolute atomic E-state index is 0.258. The van der Waals surface area contributed by atoms with Crippen LogP contribution in [0.4, 0.5) is 5.69 Å². The fourth-order valence-electron chi connectivity index (χ4n) is 4.53. The summed E-state index contributed by atoms with van der Waals surface area (Å²) in [6.45, 7) is 0.777. The molecule has 4 rings (SSSR count). The van der Waals surface area contributed by atoms with Crippen LogP contribution in [0.5, 0.6) is 0 Å². The van der Waals surface area contributed by atoms with Gasteiger partial charge in [0.25, 0.3) is 5.91 Å². The van der Waals surface area contributed by atoms with E-state index in [0.717, 1.165) is 5.69 Å². The molecule has 3 N–H and O–H groups in total. The van der Waals surface area contributed by atoms with Crippen molar-refractivity contribution in [1.82, 2.24) is 15.6 Å². The summed E-state index contributed by atoms with van der Waals surface area (Å²) in [7, 11) is 0. The summed E-state index contributed by atoms with van der Waals surface area (Å²) < 4.78 is 0. The van der Waals surface area contributed by atoms with Crippen molar-refractivity contribution < 1.29 is 19.5 Å². The standard InChI is InChI=1S/C27H26Cl2N4O4/c28-22-10-4-9-19(24(22)29)21-16-33(18-8-5-12-30-14-18)13-11-20(21)26(35)32-23(27(36)37)15-31-25(34)17-6-2-1-3-7-17/h1-10,12,14,20-21,23H,11,13,15-16H2,(H,31,34)(H,32,35)(H,36,37). The third-order valence-corrected chi connectivity index (χ3v) is 7.29. The first-order valence-corrected chi connectivity index (χ1v) is 12.6. The van der Waals surface area contributed by atoms with Gasteiger partial charge in [0.05, 0.1) is 21.9 Å². The normalized spacial score (nSPS) is 18.1. The van der Waals surface area contributed by atoms with E-state index in [1.807, 2.05) is 18.2 Å². The molecule has 1 aliphatic heterocycles. The summed E-state index contributed by atoms with van der Waals surface area (Å²) in [5.74, 6) is -3.00. The molecule has 10 heteroatoms. The molecule has 0 aliphatic carbocycles. The van der Waals surface area contributed by atoms with Gasteiger partial charge in [-0.25, -0.2) is 4.79 Å². The molecule has 192 valence electrons. The van der Waals surface area contributed by atoms with Gasteiger partial charge in [-0.05, 0) is 42.3 Å². The maximum absolute atomic E-state index is 13.5. The molecule has 3 aromatic rings. The molecule has 0 radical (unpaired) electrons. The van der Waals surface area contributed by atoms with Crippen LogP contribution in [0.15, 0.2) is 73.1 Å². The fraction of sp³-hybridized carbons (Fsp3) is 0.259. The monoisotopic (exact) mass is 540 g/mol. The molecule has 3 atom stereocenters. The number of pyridine rings is 1. The number of anilines is 1. The van der Waals surface area contributed by atoms with E-state index in [1.165, 1.54) is 0 Å². The molecule has 0 bridgehead atoms. The number of hydrogen-bond donors (Lipinski definition) is 3. The second kappa shape index (κ2) is 12.1. The molecule has 3 unspecified atom stereocenters. The number of hydrogen-bond acceptors (Lipinski definition) is 5. The summed E-state index contributed by atoms with van der Waals surface area (Å²) in [5.41, 5.74) is 2.03. The highest BCUT2D eigenvalue weighted by Gasteiger charge is 2.38. The number of nitrogens with zero attached hydrogens (tertiary/aromatic N) is 2. The fourth-order valence-corrected chi connectivity index (χ4v) is 4.98. The minimum atomic E-state index is -1.30. The van der Waals surface area contributed by atoms with Crippen LogP contribution in [0.25, 0.3) is 0 Å². The van der Waals surface area contributed by atoms with Crippen LogP contribution in [0.1, 0.15) is 28.3 Å². The number of aliphatic carboxylic acids is 1. The van der Waals surface area contributed by atoms with Crippen LogP contribution in [0.3, 0.4) is 0 Å². The van der Waals surface area contributed by atoms with Gasteiger partial charge in [-0.1, -0.05) is 53.5 Å². The number of piperidine rings is 1. The van der Waals surface area contributed by atoms with Crippen molar-refractivity contribution in [3.63, 3.8) is 0 Å². The molecule has 1 aromatic heterocycles. The molecule has 2 aromatic carbocycles. The van der Waals surface area contributed by atoms with Crippen molar-refractivity contribution in [1.29, 1.82) is 0 Å². The predicted molar refractivity (Wildman–Crippen MR) is 142 cm³/mol. The number of rotatable bonds is 8. The number of nitrogens with one attached hydrogen (secondary N) is 2. The molecule has 2 amide bonds.